The molecule has 0 aromatic heterocycles. The maximum absolute atomic E-state index is 13.7. The topological polar surface area (TPSA) is 58.6 Å². The number of anilines is 1. The molecular weight excluding hydrogens is 373 g/mol. The summed E-state index contributed by atoms with van der Waals surface area (Å²) < 4.78 is 42.7. The summed E-state index contributed by atoms with van der Waals surface area (Å²) in [4.78, 5) is 26.8. The number of halogens is 3. The highest BCUT2D eigenvalue weighted by molar-refractivity contribution is 6.08. The van der Waals surface area contributed by atoms with Crippen LogP contribution < -0.4 is 10.1 Å². The Morgan fingerprint density at radius 2 is 1.89 bits per heavy atom. The van der Waals surface area contributed by atoms with E-state index in [1.165, 1.54) is 36.1 Å². The summed E-state index contributed by atoms with van der Waals surface area (Å²) in [7, 11) is 1.59. The highest BCUT2D eigenvalue weighted by atomic mass is 19.3. The molecule has 1 fully saturated rings. The number of nitrogens with one attached hydrogen (secondary N) is 1. The molecule has 0 unspecified atom stereocenters. The molecule has 2 atom stereocenters. The first-order valence-electron chi connectivity index (χ1n) is 8.63. The molecular formula is C20H19F3N2O3. The fraction of sp³-hybridized carbons (Fsp3) is 0.300. The standard InChI is InChI=1S/C20H19F3N2O3/c1-11-15(21)4-3-5-16(11)24-18(26)17-14(10-25(2)19(17)27)12-6-8-13(9-7-12)28-20(22)23/h3-9,14,17,20H,10H2,1-2H3,(H,24,26)/t14-,17+/m1/s1. The van der Waals surface area contributed by atoms with Crippen LogP contribution in [0.3, 0.4) is 0 Å². The lowest BCUT2D eigenvalue weighted by molar-refractivity contribution is -0.135. The van der Waals surface area contributed by atoms with E-state index in [0.717, 1.165) is 0 Å². The number of carbonyl (C=O) groups is 2. The van der Waals surface area contributed by atoms with Gasteiger partial charge in [0.25, 0.3) is 0 Å². The predicted molar refractivity (Wildman–Crippen MR) is 96.7 cm³/mol. The van der Waals surface area contributed by atoms with E-state index in [4.69, 9.17) is 0 Å². The van der Waals surface area contributed by atoms with Crippen molar-refractivity contribution < 1.29 is 27.5 Å². The third kappa shape index (κ3) is 3.95. The lowest BCUT2D eigenvalue weighted by Gasteiger charge is -2.18. The minimum Gasteiger partial charge on any atom is -0.435 e. The first-order chi connectivity index (χ1) is 13.3. The number of hydrogen-bond donors (Lipinski definition) is 1. The monoisotopic (exact) mass is 392 g/mol. The molecule has 0 aliphatic carbocycles. The summed E-state index contributed by atoms with van der Waals surface area (Å²) in [6.07, 6.45) is 0. The number of likely N-dealkylation sites (tertiary alicyclic amines) is 1. The average molecular weight is 392 g/mol. The Labute approximate surface area is 160 Å². The van der Waals surface area contributed by atoms with Gasteiger partial charge in [0.1, 0.15) is 17.5 Å². The second-order valence-electron chi connectivity index (χ2n) is 6.65. The quantitative estimate of drug-likeness (QED) is 0.792. The summed E-state index contributed by atoms with van der Waals surface area (Å²) in [5.41, 5.74) is 1.22. The van der Waals surface area contributed by atoms with Crippen molar-refractivity contribution in [3.05, 3.63) is 59.4 Å². The highest BCUT2D eigenvalue weighted by Gasteiger charge is 2.44. The number of alkyl halides is 2. The summed E-state index contributed by atoms with van der Waals surface area (Å²) in [6.45, 7) is -1.10. The highest BCUT2D eigenvalue weighted by Crippen LogP contribution is 2.35. The van der Waals surface area contributed by atoms with Crippen LogP contribution in [0.5, 0.6) is 5.75 Å². The molecule has 0 bridgehead atoms. The van der Waals surface area contributed by atoms with Crippen LogP contribution in [0.1, 0.15) is 17.0 Å². The maximum Gasteiger partial charge on any atom is 0.387 e. The fourth-order valence-electron chi connectivity index (χ4n) is 3.34. The van der Waals surface area contributed by atoms with Gasteiger partial charge in [0.2, 0.25) is 11.8 Å². The lowest BCUT2D eigenvalue weighted by atomic mass is 9.87. The number of carbonyl (C=O) groups excluding carboxylic acids is 2. The van der Waals surface area contributed by atoms with E-state index in [1.807, 2.05) is 0 Å². The Bertz CT molecular complexity index is 887. The van der Waals surface area contributed by atoms with Crippen molar-refractivity contribution in [1.82, 2.24) is 4.90 Å². The third-order valence-electron chi connectivity index (χ3n) is 4.86. The number of nitrogens with zero attached hydrogens (tertiary/aromatic N) is 1. The lowest BCUT2D eigenvalue weighted by Crippen LogP contribution is -2.33. The predicted octanol–water partition coefficient (Wildman–Crippen LogP) is 3.55. The van der Waals surface area contributed by atoms with E-state index in [0.29, 0.717) is 17.8 Å². The largest absolute Gasteiger partial charge is 0.435 e. The van der Waals surface area contributed by atoms with Gasteiger partial charge < -0.3 is 15.0 Å². The van der Waals surface area contributed by atoms with Crippen LogP contribution in [0.2, 0.25) is 0 Å². The van der Waals surface area contributed by atoms with Gasteiger partial charge in [-0.1, -0.05) is 18.2 Å². The third-order valence-corrected chi connectivity index (χ3v) is 4.86. The van der Waals surface area contributed by atoms with E-state index >= 15 is 0 Å². The molecule has 1 aliphatic rings. The Morgan fingerprint density at radius 1 is 1.21 bits per heavy atom. The molecule has 2 aromatic carbocycles. The van der Waals surface area contributed by atoms with Gasteiger partial charge in [0, 0.05) is 30.8 Å². The van der Waals surface area contributed by atoms with Gasteiger partial charge in [-0.05, 0) is 36.8 Å². The minimum absolute atomic E-state index is 0.00665. The number of ether oxygens (including phenoxy) is 1. The molecule has 1 N–H and O–H groups in total. The molecule has 148 valence electrons. The summed E-state index contributed by atoms with van der Waals surface area (Å²) in [5.74, 6) is -2.83. The van der Waals surface area contributed by atoms with E-state index in [1.54, 1.807) is 25.2 Å². The van der Waals surface area contributed by atoms with Crippen molar-refractivity contribution in [3.63, 3.8) is 0 Å². The van der Waals surface area contributed by atoms with Gasteiger partial charge in [-0.25, -0.2) is 4.39 Å². The second kappa shape index (κ2) is 7.92. The number of likely N-dealkylation sites (N-methyl/N-ethyl adjacent to an activating group) is 1. The first kappa shape index (κ1) is 19.7. The number of hydrogen-bond acceptors (Lipinski definition) is 3. The first-order valence-corrected chi connectivity index (χ1v) is 8.63. The maximum atomic E-state index is 13.7. The SMILES string of the molecule is Cc1c(F)cccc1NC(=O)[C@H]1C(=O)N(C)C[C@@H]1c1ccc(OC(F)F)cc1. The Kier molecular flexibility index (Phi) is 5.58. The van der Waals surface area contributed by atoms with E-state index in [9.17, 15) is 22.8 Å². The fourth-order valence-corrected chi connectivity index (χ4v) is 3.34. The molecule has 5 nitrogen and oxygen atoms in total. The van der Waals surface area contributed by atoms with Gasteiger partial charge >= 0.3 is 6.61 Å². The minimum atomic E-state index is -2.93. The Balaban J connectivity index is 1.84. The summed E-state index contributed by atoms with van der Waals surface area (Å²) >= 11 is 0. The zero-order valence-corrected chi connectivity index (χ0v) is 15.3. The molecule has 0 radical (unpaired) electrons. The van der Waals surface area contributed by atoms with Crippen molar-refractivity contribution in [2.75, 3.05) is 18.9 Å². The van der Waals surface area contributed by atoms with Crippen LogP contribution in [0.25, 0.3) is 0 Å². The zero-order chi connectivity index (χ0) is 20.4. The zero-order valence-electron chi connectivity index (χ0n) is 15.3. The van der Waals surface area contributed by atoms with E-state index in [-0.39, 0.29) is 17.2 Å². The molecule has 0 saturated carbocycles. The van der Waals surface area contributed by atoms with Crippen LogP contribution in [-0.2, 0) is 9.59 Å². The molecule has 0 spiro atoms. The van der Waals surface area contributed by atoms with Gasteiger partial charge in [0.05, 0.1) is 0 Å². The number of rotatable bonds is 5. The van der Waals surface area contributed by atoms with Crippen LogP contribution in [-0.4, -0.2) is 36.9 Å². The van der Waals surface area contributed by atoms with Crippen molar-refractivity contribution in [3.8, 4) is 5.75 Å². The van der Waals surface area contributed by atoms with Crippen LogP contribution in [0.15, 0.2) is 42.5 Å². The van der Waals surface area contributed by atoms with Gasteiger partial charge in [-0.3, -0.25) is 9.59 Å². The molecule has 28 heavy (non-hydrogen) atoms. The van der Waals surface area contributed by atoms with Crippen molar-refractivity contribution in [1.29, 1.82) is 0 Å². The van der Waals surface area contributed by atoms with E-state index < -0.39 is 30.2 Å². The Hall–Kier alpha value is -3.03. The average Bonchev–Trinajstić information content (AvgIpc) is 2.94. The van der Waals surface area contributed by atoms with Crippen LogP contribution in [0, 0.1) is 18.7 Å². The molecule has 1 saturated heterocycles. The normalized spacial score (nSPS) is 19.2. The van der Waals surface area contributed by atoms with Crippen LogP contribution in [0.4, 0.5) is 18.9 Å². The molecule has 8 heteroatoms. The smallest absolute Gasteiger partial charge is 0.387 e. The molecule has 3 rings (SSSR count). The Morgan fingerprint density at radius 3 is 2.54 bits per heavy atom. The second-order valence-corrected chi connectivity index (χ2v) is 6.65. The number of amides is 2. The van der Waals surface area contributed by atoms with Crippen molar-refractivity contribution in [2.24, 2.45) is 5.92 Å². The van der Waals surface area contributed by atoms with Gasteiger partial charge in [-0.2, -0.15) is 8.78 Å². The summed E-state index contributed by atoms with van der Waals surface area (Å²) in [6, 6.07) is 10.2. The summed E-state index contributed by atoms with van der Waals surface area (Å²) in [5, 5.41) is 2.63. The molecule has 1 aliphatic heterocycles. The van der Waals surface area contributed by atoms with E-state index in [2.05, 4.69) is 10.1 Å². The van der Waals surface area contributed by atoms with Crippen molar-refractivity contribution >= 4 is 17.5 Å². The van der Waals surface area contributed by atoms with Gasteiger partial charge in [0.15, 0.2) is 0 Å². The number of benzene rings is 2. The molecule has 2 amide bonds. The van der Waals surface area contributed by atoms with Crippen molar-refractivity contribution in [2.45, 2.75) is 19.5 Å². The van der Waals surface area contributed by atoms with Gasteiger partial charge in [-0.15, -0.1) is 0 Å². The van der Waals surface area contributed by atoms with Crippen LogP contribution >= 0.6 is 0 Å². The molecule has 2 aromatic rings. The molecule has 1 heterocycles.